The summed E-state index contributed by atoms with van der Waals surface area (Å²) >= 11 is 0. The van der Waals surface area contributed by atoms with Gasteiger partial charge in [-0.2, -0.15) is 0 Å². The van der Waals surface area contributed by atoms with Crippen LogP contribution in [0.25, 0.3) is 0 Å². The largest absolute Gasteiger partial charge is 0.367 e. The Morgan fingerprint density at radius 2 is 1.89 bits per heavy atom. The number of hydrogen-bond acceptors (Lipinski definition) is 2. The Hall–Kier alpha value is -0.370. The van der Waals surface area contributed by atoms with Gasteiger partial charge >= 0.3 is 0 Å². The predicted octanol–water partition coefficient (Wildman–Crippen LogP) is 4.12. The number of Topliss-reactive ketones (excluding diaryl/α,β-unsaturated/α-hetero) is 1. The molecule has 0 aromatic carbocycles. The zero-order valence-corrected chi connectivity index (χ0v) is 12.0. The summed E-state index contributed by atoms with van der Waals surface area (Å²) in [5.74, 6) is 1.36. The molecule has 0 saturated heterocycles. The van der Waals surface area contributed by atoms with Crippen LogP contribution in [0.5, 0.6) is 0 Å². The minimum Gasteiger partial charge on any atom is -0.367 e. The molecule has 2 rings (SSSR count). The Morgan fingerprint density at radius 1 is 1.17 bits per heavy atom. The van der Waals surface area contributed by atoms with Crippen molar-refractivity contribution in [2.45, 2.75) is 77.2 Å². The van der Waals surface area contributed by atoms with Crippen molar-refractivity contribution in [3.8, 4) is 0 Å². The number of rotatable bonds is 4. The molecule has 0 N–H and O–H groups in total. The van der Waals surface area contributed by atoms with Crippen LogP contribution in [-0.2, 0) is 9.53 Å². The van der Waals surface area contributed by atoms with E-state index in [9.17, 15) is 4.79 Å². The fraction of sp³-hybridized carbons (Fsp3) is 0.938. The molecule has 18 heavy (non-hydrogen) atoms. The third kappa shape index (κ3) is 2.96. The molecular weight excluding hydrogens is 224 g/mol. The molecule has 104 valence electrons. The summed E-state index contributed by atoms with van der Waals surface area (Å²) in [4.78, 5) is 12.9. The summed E-state index contributed by atoms with van der Waals surface area (Å²) in [7, 11) is 0. The lowest BCUT2D eigenvalue weighted by atomic mass is 9.70. The molecule has 2 fully saturated rings. The van der Waals surface area contributed by atoms with E-state index in [0.29, 0.717) is 18.3 Å². The highest BCUT2D eigenvalue weighted by molar-refractivity contribution is 5.89. The minimum absolute atomic E-state index is 0.288. The molecule has 0 aromatic rings. The molecular formula is C16H28O2. The van der Waals surface area contributed by atoms with E-state index in [-0.39, 0.29) is 5.92 Å². The zero-order chi connectivity index (χ0) is 13.0. The van der Waals surface area contributed by atoms with Crippen LogP contribution in [0.1, 0.15) is 71.6 Å². The van der Waals surface area contributed by atoms with Gasteiger partial charge < -0.3 is 4.74 Å². The summed E-state index contributed by atoms with van der Waals surface area (Å²) in [6.07, 6.45) is 10.3. The molecule has 0 amide bonds. The van der Waals surface area contributed by atoms with Gasteiger partial charge in [0.05, 0.1) is 0 Å². The van der Waals surface area contributed by atoms with Crippen molar-refractivity contribution in [3.05, 3.63) is 0 Å². The normalized spacial score (nSPS) is 34.4. The third-order valence-corrected chi connectivity index (χ3v) is 4.80. The topological polar surface area (TPSA) is 26.3 Å². The standard InChI is InChI=1S/C16H28O2/c1-3-18-16(11-7-8-13(2)12-16)15(17)14-9-5-4-6-10-14/h13-14H,3-12H2,1-2H3. The summed E-state index contributed by atoms with van der Waals surface area (Å²) in [5.41, 5.74) is -0.422. The van der Waals surface area contributed by atoms with Gasteiger partial charge in [0.2, 0.25) is 0 Å². The second-order valence-corrected chi connectivity index (χ2v) is 6.33. The second-order valence-electron chi connectivity index (χ2n) is 6.33. The van der Waals surface area contributed by atoms with E-state index in [0.717, 1.165) is 32.1 Å². The van der Waals surface area contributed by atoms with Gasteiger partial charge in [0, 0.05) is 12.5 Å². The number of hydrogen-bond donors (Lipinski definition) is 0. The maximum absolute atomic E-state index is 12.9. The fourth-order valence-electron chi connectivity index (χ4n) is 3.94. The first-order chi connectivity index (χ1) is 8.68. The number of ether oxygens (including phenoxy) is 1. The van der Waals surface area contributed by atoms with Crippen molar-refractivity contribution in [3.63, 3.8) is 0 Å². The molecule has 2 saturated carbocycles. The first kappa shape index (κ1) is 14.0. The first-order valence-corrected chi connectivity index (χ1v) is 7.86. The number of carbonyl (C=O) groups is 1. The second kappa shape index (κ2) is 6.18. The van der Waals surface area contributed by atoms with Crippen LogP contribution in [0, 0.1) is 11.8 Å². The zero-order valence-electron chi connectivity index (χ0n) is 12.0. The molecule has 0 aromatic heterocycles. The highest BCUT2D eigenvalue weighted by Gasteiger charge is 2.45. The predicted molar refractivity (Wildman–Crippen MR) is 73.6 cm³/mol. The number of ketones is 1. The molecule has 0 heterocycles. The van der Waals surface area contributed by atoms with Crippen LogP contribution < -0.4 is 0 Å². The van der Waals surface area contributed by atoms with Crippen LogP contribution in [0.3, 0.4) is 0 Å². The fourth-order valence-corrected chi connectivity index (χ4v) is 3.94. The van der Waals surface area contributed by atoms with E-state index < -0.39 is 5.60 Å². The summed E-state index contributed by atoms with van der Waals surface area (Å²) in [6, 6.07) is 0. The lowest BCUT2D eigenvalue weighted by Crippen LogP contribution is -2.48. The Labute approximate surface area is 111 Å². The molecule has 0 radical (unpaired) electrons. The van der Waals surface area contributed by atoms with Gasteiger partial charge in [0.1, 0.15) is 5.60 Å². The van der Waals surface area contributed by atoms with Gasteiger partial charge in [-0.05, 0) is 44.9 Å². The average molecular weight is 252 g/mol. The monoisotopic (exact) mass is 252 g/mol. The van der Waals surface area contributed by atoms with Gasteiger partial charge in [-0.3, -0.25) is 4.79 Å². The maximum Gasteiger partial charge on any atom is 0.167 e. The molecule has 2 unspecified atom stereocenters. The van der Waals surface area contributed by atoms with Crippen molar-refractivity contribution < 1.29 is 9.53 Å². The molecule has 2 aliphatic rings. The SMILES string of the molecule is CCOC1(C(=O)C2CCCCC2)CCCC(C)C1. The number of carbonyl (C=O) groups excluding carboxylic acids is 1. The lowest BCUT2D eigenvalue weighted by molar-refractivity contribution is -0.156. The summed E-state index contributed by atoms with van der Waals surface area (Å²) in [5, 5.41) is 0. The Kier molecular flexibility index (Phi) is 4.83. The average Bonchev–Trinajstić information content (AvgIpc) is 2.39. The van der Waals surface area contributed by atoms with Gasteiger partial charge in [-0.1, -0.05) is 32.6 Å². The molecule has 0 bridgehead atoms. The highest BCUT2D eigenvalue weighted by atomic mass is 16.5. The molecule has 2 nitrogen and oxygen atoms in total. The lowest BCUT2D eigenvalue weighted by Gasteiger charge is -2.41. The van der Waals surface area contributed by atoms with Gasteiger partial charge in [-0.25, -0.2) is 0 Å². The van der Waals surface area contributed by atoms with Crippen LogP contribution in [0.4, 0.5) is 0 Å². The molecule has 0 spiro atoms. The smallest absolute Gasteiger partial charge is 0.167 e. The van der Waals surface area contributed by atoms with Gasteiger partial charge in [-0.15, -0.1) is 0 Å². The van der Waals surface area contributed by atoms with Crippen molar-refractivity contribution >= 4 is 5.78 Å². The highest BCUT2D eigenvalue weighted by Crippen LogP contribution is 2.40. The molecule has 2 atom stereocenters. The van der Waals surface area contributed by atoms with E-state index in [4.69, 9.17) is 4.74 Å². The van der Waals surface area contributed by atoms with E-state index in [1.807, 2.05) is 6.92 Å². The van der Waals surface area contributed by atoms with Crippen LogP contribution >= 0.6 is 0 Å². The Morgan fingerprint density at radius 3 is 2.50 bits per heavy atom. The minimum atomic E-state index is -0.422. The van der Waals surface area contributed by atoms with Crippen LogP contribution in [0.2, 0.25) is 0 Å². The first-order valence-electron chi connectivity index (χ1n) is 7.86. The van der Waals surface area contributed by atoms with Crippen molar-refractivity contribution in [2.24, 2.45) is 11.8 Å². The van der Waals surface area contributed by atoms with E-state index >= 15 is 0 Å². The van der Waals surface area contributed by atoms with Crippen molar-refractivity contribution in [2.75, 3.05) is 6.61 Å². The van der Waals surface area contributed by atoms with E-state index in [2.05, 4.69) is 6.92 Å². The van der Waals surface area contributed by atoms with Crippen LogP contribution in [0.15, 0.2) is 0 Å². The Bertz CT molecular complexity index is 277. The molecule has 2 aliphatic carbocycles. The van der Waals surface area contributed by atoms with E-state index in [1.165, 1.54) is 25.7 Å². The maximum atomic E-state index is 12.9. The summed E-state index contributed by atoms with van der Waals surface area (Å²) in [6.45, 7) is 4.96. The quantitative estimate of drug-likeness (QED) is 0.752. The third-order valence-electron chi connectivity index (χ3n) is 4.80. The van der Waals surface area contributed by atoms with Gasteiger partial charge in [0.25, 0.3) is 0 Å². The van der Waals surface area contributed by atoms with Crippen molar-refractivity contribution in [1.82, 2.24) is 0 Å². The summed E-state index contributed by atoms with van der Waals surface area (Å²) < 4.78 is 6.01. The molecule has 0 aliphatic heterocycles. The van der Waals surface area contributed by atoms with Crippen molar-refractivity contribution in [1.29, 1.82) is 0 Å². The Balaban J connectivity index is 2.09. The van der Waals surface area contributed by atoms with E-state index in [1.54, 1.807) is 0 Å². The van der Waals surface area contributed by atoms with Gasteiger partial charge in [0.15, 0.2) is 5.78 Å². The molecule has 2 heteroatoms. The van der Waals surface area contributed by atoms with Crippen LogP contribution in [-0.4, -0.2) is 18.0 Å².